The average molecular weight is 188 g/mol. The second kappa shape index (κ2) is 3.63. The van der Waals surface area contributed by atoms with Gasteiger partial charge in [0.2, 0.25) is 0 Å². The van der Waals surface area contributed by atoms with Crippen molar-refractivity contribution in [2.45, 2.75) is 13.3 Å². The van der Waals surface area contributed by atoms with Gasteiger partial charge in [0.1, 0.15) is 0 Å². The zero-order chi connectivity index (χ0) is 9.14. The van der Waals surface area contributed by atoms with Crippen LogP contribution in [0.2, 0.25) is 0 Å². The molecule has 66 valence electrons. The number of alkyl halides is 1. The number of halogens is 1. The molecule has 0 aliphatic carbocycles. The molecule has 0 spiro atoms. The lowest BCUT2D eigenvalue weighted by atomic mass is 10.2. The van der Waals surface area contributed by atoms with Crippen molar-refractivity contribution < 1.29 is 5.11 Å². The molecule has 3 nitrogen and oxygen atoms in total. The van der Waals surface area contributed by atoms with E-state index in [9.17, 15) is 4.79 Å². The number of aromatic nitrogens is 1. The summed E-state index contributed by atoms with van der Waals surface area (Å²) in [7, 11) is 0. The summed E-state index contributed by atoms with van der Waals surface area (Å²) in [4.78, 5) is 13.5. The smallest absolute Gasteiger partial charge is 0.290 e. The normalized spacial score (nSPS) is 10.2. The van der Waals surface area contributed by atoms with Gasteiger partial charge >= 0.3 is 0 Å². The highest BCUT2D eigenvalue weighted by Gasteiger charge is 2.02. The first-order valence-corrected chi connectivity index (χ1v) is 4.16. The van der Waals surface area contributed by atoms with Crippen molar-refractivity contribution in [2.75, 3.05) is 5.88 Å². The number of hydrogen-bond donors (Lipinski definition) is 2. The zero-order valence-electron chi connectivity index (χ0n) is 6.72. The van der Waals surface area contributed by atoms with Crippen LogP contribution >= 0.6 is 11.6 Å². The summed E-state index contributed by atoms with van der Waals surface area (Å²) in [6.07, 6.45) is 0.609. The van der Waals surface area contributed by atoms with Crippen molar-refractivity contribution in [3.05, 3.63) is 27.7 Å². The van der Waals surface area contributed by atoms with E-state index in [-0.39, 0.29) is 5.75 Å². The second-order valence-corrected chi connectivity index (χ2v) is 2.97. The third-order valence-corrected chi connectivity index (χ3v) is 1.81. The van der Waals surface area contributed by atoms with Gasteiger partial charge in [-0.2, -0.15) is 0 Å². The van der Waals surface area contributed by atoms with Gasteiger partial charge in [-0.25, -0.2) is 0 Å². The quantitative estimate of drug-likeness (QED) is 0.683. The molecule has 1 heterocycles. The summed E-state index contributed by atoms with van der Waals surface area (Å²) in [5.74, 6) is 0.244. The Morgan fingerprint density at radius 3 is 2.83 bits per heavy atom. The average Bonchev–Trinajstić information content (AvgIpc) is 2.01. The number of H-pyrrole nitrogens is 1. The molecule has 12 heavy (non-hydrogen) atoms. The zero-order valence-corrected chi connectivity index (χ0v) is 7.48. The molecule has 0 unspecified atom stereocenters. The highest BCUT2D eigenvalue weighted by atomic mass is 35.5. The molecule has 0 fully saturated rings. The van der Waals surface area contributed by atoms with E-state index in [0.29, 0.717) is 17.9 Å². The fraction of sp³-hybridized carbons (Fsp3) is 0.375. The van der Waals surface area contributed by atoms with Crippen LogP contribution in [-0.4, -0.2) is 16.0 Å². The Hall–Kier alpha value is -0.960. The van der Waals surface area contributed by atoms with Crippen LogP contribution in [0.15, 0.2) is 10.9 Å². The van der Waals surface area contributed by atoms with Crippen molar-refractivity contribution >= 4 is 11.6 Å². The fourth-order valence-corrected chi connectivity index (χ4v) is 1.19. The maximum absolute atomic E-state index is 11.0. The van der Waals surface area contributed by atoms with Crippen LogP contribution < -0.4 is 5.56 Å². The highest BCUT2D eigenvalue weighted by Crippen LogP contribution is 2.09. The molecule has 0 amide bonds. The first-order chi connectivity index (χ1) is 5.65. The molecule has 2 N–H and O–H groups in total. The van der Waals surface area contributed by atoms with Gasteiger partial charge in [0.25, 0.3) is 5.56 Å². The monoisotopic (exact) mass is 187 g/mol. The Bertz CT molecular complexity index is 332. The maximum Gasteiger partial charge on any atom is 0.290 e. The Kier molecular flexibility index (Phi) is 2.76. The van der Waals surface area contributed by atoms with Crippen molar-refractivity contribution in [3.63, 3.8) is 0 Å². The third-order valence-electron chi connectivity index (χ3n) is 1.62. The molecule has 0 aromatic carbocycles. The lowest BCUT2D eigenvalue weighted by molar-refractivity contribution is 0.461. The molecule has 1 aromatic rings. The van der Waals surface area contributed by atoms with E-state index in [1.165, 1.54) is 0 Å². The van der Waals surface area contributed by atoms with Crippen LogP contribution in [0.5, 0.6) is 5.75 Å². The standard InChI is InChI=1S/C8H10ClNO2/c1-5-4-6(2-3-9)10-8(12)7(5)11/h4,11H,2-3H2,1H3,(H,10,12). The Labute approximate surface area is 75.0 Å². The molecule has 4 heteroatoms. The summed E-state index contributed by atoms with van der Waals surface area (Å²) >= 11 is 5.50. The van der Waals surface area contributed by atoms with Gasteiger partial charge in [-0.05, 0) is 18.6 Å². The maximum atomic E-state index is 11.0. The Balaban J connectivity index is 3.13. The number of nitrogens with one attached hydrogen (secondary N) is 1. The summed E-state index contributed by atoms with van der Waals surface area (Å²) in [5.41, 5.74) is 0.888. The van der Waals surface area contributed by atoms with Crippen molar-refractivity contribution in [2.24, 2.45) is 0 Å². The minimum atomic E-state index is -0.449. The fourth-order valence-electron chi connectivity index (χ4n) is 0.986. The number of aryl methyl sites for hydroxylation is 2. The largest absolute Gasteiger partial charge is 0.503 e. The van der Waals surface area contributed by atoms with Crippen molar-refractivity contribution in [1.82, 2.24) is 4.98 Å². The molecule has 0 radical (unpaired) electrons. The number of rotatable bonds is 2. The van der Waals surface area contributed by atoms with Crippen molar-refractivity contribution in [1.29, 1.82) is 0 Å². The van der Waals surface area contributed by atoms with Gasteiger partial charge in [0.15, 0.2) is 5.75 Å². The van der Waals surface area contributed by atoms with Crippen molar-refractivity contribution in [3.8, 4) is 5.75 Å². The predicted molar refractivity (Wildman–Crippen MR) is 47.9 cm³/mol. The topological polar surface area (TPSA) is 53.1 Å². The van der Waals surface area contributed by atoms with Gasteiger partial charge in [-0.3, -0.25) is 4.79 Å². The summed E-state index contributed by atoms with van der Waals surface area (Å²) in [6.45, 7) is 1.68. The minimum Gasteiger partial charge on any atom is -0.503 e. The van der Waals surface area contributed by atoms with Gasteiger partial charge < -0.3 is 10.1 Å². The molecule has 0 aliphatic rings. The molecule has 0 bridgehead atoms. The number of hydrogen-bond acceptors (Lipinski definition) is 2. The molecule has 0 saturated carbocycles. The van der Waals surface area contributed by atoms with E-state index >= 15 is 0 Å². The van der Waals surface area contributed by atoms with Crippen LogP contribution in [0, 0.1) is 6.92 Å². The number of aromatic hydroxyl groups is 1. The summed E-state index contributed by atoms with van der Waals surface area (Å²) < 4.78 is 0. The molecule has 0 aliphatic heterocycles. The Morgan fingerprint density at radius 2 is 2.33 bits per heavy atom. The minimum absolute atomic E-state index is 0.215. The van der Waals surface area contributed by atoms with E-state index in [2.05, 4.69) is 4.98 Å². The second-order valence-electron chi connectivity index (χ2n) is 2.59. The lowest BCUT2D eigenvalue weighted by Gasteiger charge is -2.01. The first kappa shape index (κ1) is 9.13. The summed E-state index contributed by atoms with van der Waals surface area (Å²) in [5, 5.41) is 9.12. The van der Waals surface area contributed by atoms with Crippen LogP contribution in [0.1, 0.15) is 11.3 Å². The number of aromatic amines is 1. The van der Waals surface area contributed by atoms with Gasteiger partial charge in [0.05, 0.1) is 0 Å². The first-order valence-electron chi connectivity index (χ1n) is 3.63. The van der Waals surface area contributed by atoms with E-state index < -0.39 is 5.56 Å². The van der Waals surface area contributed by atoms with E-state index in [1.54, 1.807) is 13.0 Å². The molecule has 1 aromatic heterocycles. The van der Waals surface area contributed by atoms with E-state index in [4.69, 9.17) is 16.7 Å². The van der Waals surface area contributed by atoms with Gasteiger partial charge in [-0.15, -0.1) is 11.6 Å². The third kappa shape index (κ3) is 1.80. The molecular formula is C8H10ClNO2. The molecule has 1 rings (SSSR count). The van der Waals surface area contributed by atoms with Crippen LogP contribution in [0.3, 0.4) is 0 Å². The van der Waals surface area contributed by atoms with E-state index in [1.807, 2.05) is 0 Å². The molecular weight excluding hydrogens is 178 g/mol. The van der Waals surface area contributed by atoms with E-state index in [0.717, 1.165) is 5.69 Å². The molecule has 0 atom stereocenters. The van der Waals surface area contributed by atoms with Gasteiger partial charge in [0, 0.05) is 18.0 Å². The van der Waals surface area contributed by atoms with Crippen LogP contribution in [0.25, 0.3) is 0 Å². The van der Waals surface area contributed by atoms with Crippen LogP contribution in [-0.2, 0) is 6.42 Å². The molecule has 0 saturated heterocycles. The van der Waals surface area contributed by atoms with Crippen LogP contribution in [0.4, 0.5) is 0 Å². The predicted octanol–water partition coefficient (Wildman–Crippen LogP) is 1.17. The Morgan fingerprint density at radius 1 is 1.67 bits per heavy atom. The summed E-state index contributed by atoms with van der Waals surface area (Å²) in [6, 6.07) is 1.72. The lowest BCUT2D eigenvalue weighted by Crippen LogP contribution is -2.09. The highest BCUT2D eigenvalue weighted by molar-refractivity contribution is 6.17. The van der Waals surface area contributed by atoms with Gasteiger partial charge in [-0.1, -0.05) is 0 Å². The number of pyridine rings is 1. The SMILES string of the molecule is Cc1cc(CCCl)[nH]c(=O)c1O.